The van der Waals surface area contributed by atoms with E-state index in [0.717, 1.165) is 16.5 Å². The van der Waals surface area contributed by atoms with Crippen LogP contribution in [0.1, 0.15) is 11.1 Å². The molecule has 0 atom stereocenters. The van der Waals surface area contributed by atoms with Crippen LogP contribution in [-0.4, -0.2) is 10.1 Å². The maximum Gasteiger partial charge on any atom is 0.135 e. The van der Waals surface area contributed by atoms with Gasteiger partial charge in [-0.3, -0.25) is 0 Å². The molecule has 0 unspecified atom stereocenters. The summed E-state index contributed by atoms with van der Waals surface area (Å²) >= 11 is 12.0. The Balaban J connectivity index is 2.86. The molecule has 0 bridgehead atoms. The van der Waals surface area contributed by atoms with Gasteiger partial charge in [0.15, 0.2) is 0 Å². The van der Waals surface area contributed by atoms with E-state index in [1.807, 2.05) is 19.1 Å². The van der Waals surface area contributed by atoms with E-state index in [1.165, 1.54) is 0 Å². The zero-order chi connectivity index (χ0) is 11.0. The monoisotopic (exact) mass is 241 g/mol. The average molecular weight is 242 g/mol. The maximum atomic E-state index is 9.07. The Morgan fingerprint density at radius 3 is 2.73 bits per heavy atom. The molecular formula is C11H9Cl2NO. The fourth-order valence-electron chi connectivity index (χ4n) is 1.49. The first-order valence-electron chi connectivity index (χ1n) is 4.48. The fraction of sp³-hybridized carbons (Fsp3) is 0.182. The highest BCUT2D eigenvalue weighted by atomic mass is 35.5. The maximum absolute atomic E-state index is 9.07. The van der Waals surface area contributed by atoms with Gasteiger partial charge in [-0.2, -0.15) is 0 Å². The topological polar surface area (TPSA) is 33.1 Å². The molecule has 1 aromatic carbocycles. The molecule has 15 heavy (non-hydrogen) atoms. The Morgan fingerprint density at radius 2 is 2.07 bits per heavy atom. The number of pyridine rings is 1. The molecule has 1 heterocycles. The molecule has 0 saturated heterocycles. The standard InChI is InChI=1S/C11H9Cl2NO/c1-6-2-3-9(12)8-4-7(5-15)11(13)14-10(6)8/h2-4,15H,5H2,1H3. The quantitative estimate of drug-likeness (QED) is 0.778. The number of benzene rings is 1. The lowest BCUT2D eigenvalue weighted by molar-refractivity contribution is 0.281. The van der Waals surface area contributed by atoms with Gasteiger partial charge in [0.2, 0.25) is 0 Å². The summed E-state index contributed by atoms with van der Waals surface area (Å²) in [7, 11) is 0. The molecule has 2 rings (SSSR count). The summed E-state index contributed by atoms with van der Waals surface area (Å²) in [4.78, 5) is 4.23. The van der Waals surface area contributed by atoms with E-state index in [-0.39, 0.29) is 6.61 Å². The molecule has 78 valence electrons. The molecule has 1 aromatic heterocycles. The lowest BCUT2D eigenvalue weighted by Crippen LogP contribution is -1.92. The summed E-state index contributed by atoms with van der Waals surface area (Å²) in [6.07, 6.45) is 0. The van der Waals surface area contributed by atoms with E-state index in [9.17, 15) is 0 Å². The summed E-state index contributed by atoms with van der Waals surface area (Å²) in [6, 6.07) is 5.49. The van der Waals surface area contributed by atoms with Gasteiger partial charge in [0.25, 0.3) is 0 Å². The molecule has 2 aromatic rings. The van der Waals surface area contributed by atoms with Crippen molar-refractivity contribution in [2.75, 3.05) is 0 Å². The Morgan fingerprint density at radius 1 is 1.33 bits per heavy atom. The van der Waals surface area contributed by atoms with Crippen molar-refractivity contribution in [3.05, 3.63) is 39.5 Å². The van der Waals surface area contributed by atoms with Crippen LogP contribution in [0.25, 0.3) is 10.9 Å². The van der Waals surface area contributed by atoms with Crippen molar-refractivity contribution in [3.8, 4) is 0 Å². The number of hydrogen-bond acceptors (Lipinski definition) is 2. The van der Waals surface area contributed by atoms with Crippen molar-refractivity contribution in [2.24, 2.45) is 0 Å². The molecule has 0 radical (unpaired) electrons. The third kappa shape index (κ3) is 1.81. The first kappa shape index (κ1) is 10.7. The Labute approximate surface area is 97.5 Å². The van der Waals surface area contributed by atoms with Gasteiger partial charge in [-0.1, -0.05) is 29.3 Å². The zero-order valence-electron chi connectivity index (χ0n) is 8.09. The van der Waals surface area contributed by atoms with Gasteiger partial charge in [0.05, 0.1) is 12.1 Å². The van der Waals surface area contributed by atoms with Gasteiger partial charge in [-0.05, 0) is 24.6 Å². The summed E-state index contributed by atoms with van der Waals surface area (Å²) in [5, 5.41) is 10.8. The molecule has 0 spiro atoms. The van der Waals surface area contributed by atoms with Crippen LogP contribution in [0.5, 0.6) is 0 Å². The van der Waals surface area contributed by atoms with Gasteiger partial charge in [-0.15, -0.1) is 0 Å². The smallest absolute Gasteiger partial charge is 0.135 e. The molecule has 0 aliphatic carbocycles. The zero-order valence-corrected chi connectivity index (χ0v) is 9.60. The van der Waals surface area contributed by atoms with Crippen molar-refractivity contribution in [1.82, 2.24) is 4.98 Å². The first-order valence-corrected chi connectivity index (χ1v) is 5.24. The number of rotatable bonds is 1. The lowest BCUT2D eigenvalue weighted by atomic mass is 10.1. The van der Waals surface area contributed by atoms with Crippen molar-refractivity contribution in [2.45, 2.75) is 13.5 Å². The van der Waals surface area contributed by atoms with E-state index in [1.54, 1.807) is 6.07 Å². The van der Waals surface area contributed by atoms with Crippen LogP contribution in [0.3, 0.4) is 0 Å². The van der Waals surface area contributed by atoms with Crippen LogP contribution in [0.15, 0.2) is 18.2 Å². The van der Waals surface area contributed by atoms with Gasteiger partial charge in [0.1, 0.15) is 5.15 Å². The van der Waals surface area contributed by atoms with Crippen molar-refractivity contribution < 1.29 is 5.11 Å². The largest absolute Gasteiger partial charge is 0.392 e. The minimum atomic E-state index is -0.133. The number of aliphatic hydroxyl groups excluding tert-OH is 1. The summed E-state index contributed by atoms with van der Waals surface area (Å²) in [5.74, 6) is 0. The van der Waals surface area contributed by atoms with E-state index in [0.29, 0.717) is 15.7 Å². The Kier molecular flexibility index (Phi) is 2.83. The summed E-state index contributed by atoms with van der Waals surface area (Å²) in [6.45, 7) is 1.81. The first-order chi connectivity index (χ1) is 7.13. The van der Waals surface area contributed by atoms with Crippen LogP contribution in [-0.2, 0) is 6.61 Å². The van der Waals surface area contributed by atoms with Crippen molar-refractivity contribution in [3.63, 3.8) is 0 Å². The molecule has 0 fully saturated rings. The predicted octanol–water partition coefficient (Wildman–Crippen LogP) is 3.34. The average Bonchev–Trinajstić information content (AvgIpc) is 2.23. The van der Waals surface area contributed by atoms with E-state index >= 15 is 0 Å². The molecule has 4 heteroatoms. The highest BCUT2D eigenvalue weighted by Gasteiger charge is 2.08. The van der Waals surface area contributed by atoms with Gasteiger partial charge in [-0.25, -0.2) is 4.98 Å². The normalized spacial score (nSPS) is 10.9. The third-order valence-electron chi connectivity index (χ3n) is 2.33. The highest BCUT2D eigenvalue weighted by molar-refractivity contribution is 6.36. The van der Waals surface area contributed by atoms with Crippen molar-refractivity contribution >= 4 is 34.1 Å². The van der Waals surface area contributed by atoms with E-state index in [4.69, 9.17) is 28.3 Å². The molecule has 0 amide bonds. The molecular weight excluding hydrogens is 233 g/mol. The number of aliphatic hydroxyl groups is 1. The SMILES string of the molecule is Cc1ccc(Cl)c2cc(CO)c(Cl)nc12. The minimum Gasteiger partial charge on any atom is -0.392 e. The fourth-order valence-corrected chi connectivity index (χ4v) is 1.90. The van der Waals surface area contributed by atoms with Gasteiger partial charge in [0, 0.05) is 16.0 Å². The van der Waals surface area contributed by atoms with E-state index < -0.39 is 0 Å². The second-order valence-corrected chi connectivity index (χ2v) is 4.12. The number of fused-ring (bicyclic) bond motifs is 1. The van der Waals surface area contributed by atoms with Crippen LogP contribution in [0.4, 0.5) is 0 Å². The summed E-state index contributed by atoms with van der Waals surface area (Å²) in [5.41, 5.74) is 2.39. The number of nitrogens with zero attached hydrogens (tertiary/aromatic N) is 1. The Hall–Kier alpha value is -0.830. The minimum absolute atomic E-state index is 0.133. The lowest BCUT2D eigenvalue weighted by Gasteiger charge is -2.07. The Bertz CT molecular complexity index is 525. The van der Waals surface area contributed by atoms with E-state index in [2.05, 4.69) is 4.98 Å². The number of aromatic nitrogens is 1. The number of aryl methyl sites for hydroxylation is 1. The highest BCUT2D eigenvalue weighted by Crippen LogP contribution is 2.28. The molecule has 0 aliphatic rings. The van der Waals surface area contributed by atoms with Crippen LogP contribution >= 0.6 is 23.2 Å². The van der Waals surface area contributed by atoms with Gasteiger partial charge < -0.3 is 5.11 Å². The van der Waals surface area contributed by atoms with Crippen LogP contribution < -0.4 is 0 Å². The van der Waals surface area contributed by atoms with Crippen LogP contribution in [0, 0.1) is 6.92 Å². The molecule has 1 N–H and O–H groups in total. The molecule has 0 saturated carbocycles. The molecule has 0 aliphatic heterocycles. The summed E-state index contributed by atoms with van der Waals surface area (Å²) < 4.78 is 0. The van der Waals surface area contributed by atoms with Crippen molar-refractivity contribution in [1.29, 1.82) is 0 Å². The second-order valence-electron chi connectivity index (χ2n) is 3.36. The van der Waals surface area contributed by atoms with Crippen LogP contribution in [0.2, 0.25) is 10.2 Å². The van der Waals surface area contributed by atoms with Gasteiger partial charge >= 0.3 is 0 Å². The number of halogens is 2. The predicted molar refractivity (Wildman–Crippen MR) is 62.4 cm³/mol. The second kappa shape index (κ2) is 3.97. The third-order valence-corrected chi connectivity index (χ3v) is 2.99. The molecule has 2 nitrogen and oxygen atoms in total. The number of hydrogen-bond donors (Lipinski definition) is 1.